The summed E-state index contributed by atoms with van der Waals surface area (Å²) >= 11 is 5.70. The van der Waals surface area contributed by atoms with Gasteiger partial charge in [-0.2, -0.15) is 0 Å². The molecule has 2 rings (SSSR count). The van der Waals surface area contributed by atoms with Crippen LogP contribution in [0.5, 0.6) is 0 Å². The summed E-state index contributed by atoms with van der Waals surface area (Å²) in [7, 11) is 0. The molecule has 0 spiro atoms. The van der Waals surface area contributed by atoms with Crippen molar-refractivity contribution >= 4 is 23.4 Å². The fraction of sp³-hybridized carbons (Fsp3) is 0. The lowest BCUT2D eigenvalue weighted by atomic mass is 10.0. The van der Waals surface area contributed by atoms with Crippen LogP contribution in [0.1, 0.15) is 26.4 Å². The molecule has 4 nitrogen and oxygen atoms in total. The summed E-state index contributed by atoms with van der Waals surface area (Å²) in [5, 5.41) is 9.15. The van der Waals surface area contributed by atoms with Gasteiger partial charge in [0.25, 0.3) is 0 Å². The van der Waals surface area contributed by atoms with Crippen molar-refractivity contribution in [2.75, 3.05) is 0 Å². The first kappa shape index (κ1) is 13.2. The Hall–Kier alpha value is -2.27. The average molecular weight is 280 g/mol. The van der Waals surface area contributed by atoms with E-state index >= 15 is 0 Å². The number of hydrogen-bond acceptors (Lipinski definition) is 3. The second kappa shape index (κ2) is 5.16. The Labute approximate surface area is 112 Å². The van der Waals surface area contributed by atoms with Gasteiger partial charge in [0.2, 0.25) is 5.78 Å². The van der Waals surface area contributed by atoms with Gasteiger partial charge < -0.3 is 5.11 Å². The molecule has 96 valence electrons. The molecule has 2 aromatic rings. The number of halogens is 2. The number of benzene rings is 1. The normalized spacial score (nSPS) is 10.2. The quantitative estimate of drug-likeness (QED) is 0.877. The number of carboxylic acids is 1. The Morgan fingerprint density at radius 1 is 1.21 bits per heavy atom. The summed E-state index contributed by atoms with van der Waals surface area (Å²) in [5.41, 5.74) is -0.920. The monoisotopic (exact) mass is 279 g/mol. The van der Waals surface area contributed by atoms with Gasteiger partial charge in [-0.05, 0) is 30.3 Å². The highest BCUT2D eigenvalue weighted by Crippen LogP contribution is 2.19. The minimum absolute atomic E-state index is 0.178. The van der Waals surface area contributed by atoms with Crippen LogP contribution in [-0.2, 0) is 0 Å². The van der Waals surface area contributed by atoms with Crippen LogP contribution < -0.4 is 0 Å². The summed E-state index contributed by atoms with van der Waals surface area (Å²) in [4.78, 5) is 26.8. The molecule has 1 aromatic carbocycles. The van der Waals surface area contributed by atoms with E-state index < -0.39 is 17.6 Å². The number of rotatable bonds is 3. The van der Waals surface area contributed by atoms with Crippen molar-refractivity contribution in [3.8, 4) is 0 Å². The molecule has 1 aromatic heterocycles. The average Bonchev–Trinajstić information content (AvgIpc) is 2.40. The number of carbonyl (C=O) groups is 2. The fourth-order valence-corrected chi connectivity index (χ4v) is 1.73. The second-order valence-corrected chi connectivity index (χ2v) is 4.09. The lowest BCUT2D eigenvalue weighted by molar-refractivity contribution is 0.0692. The number of aromatic nitrogens is 1. The molecule has 0 fully saturated rings. The number of carbonyl (C=O) groups excluding carboxylic acids is 1. The first-order valence-electron chi connectivity index (χ1n) is 5.19. The summed E-state index contributed by atoms with van der Waals surface area (Å²) in [6, 6.07) is 6.09. The number of carboxylic acid groups (broad SMARTS) is 1. The third kappa shape index (κ3) is 2.61. The maximum atomic E-state index is 13.6. The van der Waals surface area contributed by atoms with Crippen LogP contribution in [0, 0.1) is 5.82 Å². The molecule has 0 atom stereocenters. The first-order chi connectivity index (χ1) is 9.00. The predicted octanol–water partition coefficient (Wildman–Crippen LogP) is 2.80. The zero-order valence-corrected chi connectivity index (χ0v) is 10.2. The molecule has 0 unspecified atom stereocenters. The number of hydrogen-bond donors (Lipinski definition) is 1. The predicted molar refractivity (Wildman–Crippen MR) is 66.0 cm³/mol. The molecule has 0 saturated carbocycles. The van der Waals surface area contributed by atoms with Crippen LogP contribution in [0.15, 0.2) is 36.5 Å². The summed E-state index contributed by atoms with van der Waals surface area (Å²) in [5.74, 6) is -2.91. The van der Waals surface area contributed by atoms with Gasteiger partial charge in [0.05, 0.1) is 11.1 Å². The van der Waals surface area contributed by atoms with Crippen LogP contribution in [-0.4, -0.2) is 21.8 Å². The van der Waals surface area contributed by atoms with E-state index in [9.17, 15) is 14.0 Å². The second-order valence-electron chi connectivity index (χ2n) is 3.66. The third-order valence-electron chi connectivity index (χ3n) is 2.43. The van der Waals surface area contributed by atoms with Crippen molar-refractivity contribution in [1.82, 2.24) is 4.98 Å². The van der Waals surface area contributed by atoms with Crippen LogP contribution >= 0.6 is 11.6 Å². The largest absolute Gasteiger partial charge is 0.478 e. The standard InChI is InChI=1S/C13H7ClFNO3/c14-7-3-4-10(15)9(6-7)12(17)11-8(13(18)19)2-1-5-16-11/h1-6H,(H,18,19). The van der Waals surface area contributed by atoms with Gasteiger partial charge in [-0.15, -0.1) is 0 Å². The van der Waals surface area contributed by atoms with Crippen LogP contribution in [0.25, 0.3) is 0 Å². The zero-order valence-electron chi connectivity index (χ0n) is 9.43. The van der Waals surface area contributed by atoms with Crippen molar-refractivity contribution < 1.29 is 19.1 Å². The van der Waals surface area contributed by atoms with E-state index in [1.54, 1.807) is 0 Å². The third-order valence-corrected chi connectivity index (χ3v) is 2.66. The first-order valence-corrected chi connectivity index (χ1v) is 5.56. The van der Waals surface area contributed by atoms with Crippen molar-refractivity contribution in [3.05, 3.63) is 64.2 Å². The van der Waals surface area contributed by atoms with Crippen molar-refractivity contribution in [2.45, 2.75) is 0 Å². The van der Waals surface area contributed by atoms with E-state index in [0.717, 1.165) is 12.1 Å². The summed E-state index contributed by atoms with van der Waals surface area (Å²) < 4.78 is 13.6. The van der Waals surface area contributed by atoms with E-state index in [1.807, 2.05) is 0 Å². The number of nitrogens with zero attached hydrogens (tertiary/aromatic N) is 1. The Kier molecular flexibility index (Phi) is 3.57. The van der Waals surface area contributed by atoms with E-state index in [-0.39, 0.29) is 21.8 Å². The summed E-state index contributed by atoms with van der Waals surface area (Å²) in [6.45, 7) is 0. The Balaban J connectivity index is 2.56. The minimum Gasteiger partial charge on any atom is -0.478 e. The van der Waals surface area contributed by atoms with Crippen molar-refractivity contribution in [3.63, 3.8) is 0 Å². The molecular weight excluding hydrogens is 273 g/mol. The molecule has 1 heterocycles. The molecule has 0 saturated heterocycles. The molecule has 19 heavy (non-hydrogen) atoms. The maximum absolute atomic E-state index is 13.6. The van der Waals surface area contributed by atoms with Crippen molar-refractivity contribution in [2.24, 2.45) is 0 Å². The van der Waals surface area contributed by atoms with Crippen LogP contribution in [0.3, 0.4) is 0 Å². The topological polar surface area (TPSA) is 67.3 Å². The molecule has 0 bridgehead atoms. The highest BCUT2D eigenvalue weighted by Gasteiger charge is 2.21. The molecule has 0 amide bonds. The van der Waals surface area contributed by atoms with Gasteiger partial charge in [-0.3, -0.25) is 9.78 Å². The van der Waals surface area contributed by atoms with Gasteiger partial charge in [-0.1, -0.05) is 11.6 Å². The summed E-state index contributed by atoms with van der Waals surface area (Å²) in [6.07, 6.45) is 1.27. The van der Waals surface area contributed by atoms with Gasteiger partial charge in [0, 0.05) is 11.2 Å². The molecule has 0 aliphatic heterocycles. The van der Waals surface area contributed by atoms with Gasteiger partial charge in [-0.25, -0.2) is 9.18 Å². The van der Waals surface area contributed by atoms with E-state index in [1.165, 1.54) is 24.4 Å². The Bertz CT molecular complexity index is 673. The highest BCUT2D eigenvalue weighted by atomic mass is 35.5. The minimum atomic E-state index is -1.31. The van der Waals surface area contributed by atoms with Crippen LogP contribution in [0.4, 0.5) is 4.39 Å². The smallest absolute Gasteiger partial charge is 0.338 e. The molecule has 1 N–H and O–H groups in total. The van der Waals surface area contributed by atoms with Gasteiger partial charge in [0.15, 0.2) is 0 Å². The number of aromatic carboxylic acids is 1. The SMILES string of the molecule is O=C(O)c1cccnc1C(=O)c1cc(Cl)ccc1F. The fourth-order valence-electron chi connectivity index (χ4n) is 1.56. The molecule has 0 aliphatic rings. The Morgan fingerprint density at radius 2 is 1.95 bits per heavy atom. The lowest BCUT2D eigenvalue weighted by Gasteiger charge is -2.05. The van der Waals surface area contributed by atoms with E-state index in [2.05, 4.69) is 4.98 Å². The highest BCUT2D eigenvalue weighted by molar-refractivity contribution is 6.31. The van der Waals surface area contributed by atoms with Crippen LogP contribution in [0.2, 0.25) is 5.02 Å². The van der Waals surface area contributed by atoms with E-state index in [4.69, 9.17) is 16.7 Å². The van der Waals surface area contributed by atoms with Crippen molar-refractivity contribution in [1.29, 1.82) is 0 Å². The number of ketones is 1. The maximum Gasteiger partial charge on any atom is 0.338 e. The zero-order chi connectivity index (χ0) is 14.0. The lowest BCUT2D eigenvalue weighted by Crippen LogP contribution is -2.13. The Morgan fingerprint density at radius 3 is 2.63 bits per heavy atom. The molecule has 0 radical (unpaired) electrons. The molecule has 6 heteroatoms. The number of pyridine rings is 1. The van der Waals surface area contributed by atoms with Gasteiger partial charge >= 0.3 is 5.97 Å². The van der Waals surface area contributed by atoms with E-state index in [0.29, 0.717) is 0 Å². The molecule has 0 aliphatic carbocycles. The molecular formula is C13H7ClFNO3. The van der Waals surface area contributed by atoms with Gasteiger partial charge in [0.1, 0.15) is 11.5 Å².